The van der Waals surface area contributed by atoms with Crippen LogP contribution in [0.25, 0.3) is 0 Å². The summed E-state index contributed by atoms with van der Waals surface area (Å²) in [5.74, 6) is 0.827. The van der Waals surface area contributed by atoms with Crippen molar-refractivity contribution in [2.75, 3.05) is 6.61 Å². The van der Waals surface area contributed by atoms with Crippen molar-refractivity contribution in [3.8, 4) is 5.75 Å². The summed E-state index contributed by atoms with van der Waals surface area (Å²) >= 11 is 6.25. The van der Waals surface area contributed by atoms with Gasteiger partial charge in [-0.05, 0) is 30.9 Å². The largest absolute Gasteiger partial charge is 0.492 e. The van der Waals surface area contributed by atoms with Gasteiger partial charge in [0.05, 0.1) is 11.6 Å². The van der Waals surface area contributed by atoms with Gasteiger partial charge in [-0.3, -0.25) is 0 Å². The molecule has 0 aliphatic heterocycles. The van der Waals surface area contributed by atoms with Crippen molar-refractivity contribution in [1.29, 1.82) is 0 Å². The fraction of sp³-hybridized carbons (Fsp3) is 0.647. The molecule has 20 heavy (non-hydrogen) atoms. The van der Waals surface area contributed by atoms with Gasteiger partial charge < -0.3 is 10.5 Å². The van der Waals surface area contributed by atoms with Gasteiger partial charge in [0.1, 0.15) is 5.75 Å². The minimum Gasteiger partial charge on any atom is -0.492 e. The Morgan fingerprint density at radius 2 is 1.90 bits per heavy atom. The highest BCUT2D eigenvalue weighted by molar-refractivity contribution is 6.32. The van der Waals surface area contributed by atoms with Crippen LogP contribution in [-0.4, -0.2) is 12.6 Å². The van der Waals surface area contributed by atoms with Crippen LogP contribution in [-0.2, 0) is 6.42 Å². The van der Waals surface area contributed by atoms with E-state index in [2.05, 4.69) is 19.9 Å². The van der Waals surface area contributed by atoms with Crippen LogP contribution >= 0.6 is 11.6 Å². The molecule has 0 saturated heterocycles. The van der Waals surface area contributed by atoms with Crippen LogP contribution in [0.2, 0.25) is 5.02 Å². The molecule has 0 amide bonds. The molecule has 2 nitrogen and oxygen atoms in total. The molecule has 2 N–H and O–H groups in total. The zero-order valence-electron chi connectivity index (χ0n) is 12.8. The summed E-state index contributed by atoms with van der Waals surface area (Å²) in [5.41, 5.74) is 7.16. The molecule has 0 bridgehead atoms. The zero-order chi connectivity index (χ0) is 14.8. The smallest absolute Gasteiger partial charge is 0.141 e. The van der Waals surface area contributed by atoms with Crippen molar-refractivity contribution in [2.24, 2.45) is 5.73 Å². The number of rotatable bonds is 10. The van der Waals surface area contributed by atoms with Crippen molar-refractivity contribution >= 4 is 11.6 Å². The Balaban J connectivity index is 2.50. The van der Waals surface area contributed by atoms with Crippen molar-refractivity contribution in [2.45, 2.75) is 64.8 Å². The third-order valence-electron chi connectivity index (χ3n) is 3.55. The average molecular weight is 298 g/mol. The topological polar surface area (TPSA) is 35.2 Å². The highest BCUT2D eigenvalue weighted by Gasteiger charge is 2.11. The van der Waals surface area contributed by atoms with Crippen molar-refractivity contribution in [1.82, 2.24) is 0 Å². The standard InChI is InChI=1S/C17H28ClNO/c1-3-5-6-7-8-12-20-17-14(13-15(19)4-2)10-9-11-16(17)18/h9-11,15H,3-8,12-13,19H2,1-2H3. The summed E-state index contributed by atoms with van der Waals surface area (Å²) in [6, 6.07) is 6.08. The lowest BCUT2D eigenvalue weighted by atomic mass is 10.0. The molecule has 0 aromatic heterocycles. The molecule has 0 aliphatic rings. The van der Waals surface area contributed by atoms with Crippen molar-refractivity contribution in [3.05, 3.63) is 28.8 Å². The summed E-state index contributed by atoms with van der Waals surface area (Å²) in [5, 5.41) is 0.694. The highest BCUT2D eigenvalue weighted by atomic mass is 35.5. The molecule has 0 heterocycles. The molecule has 1 aromatic rings. The number of hydrogen-bond acceptors (Lipinski definition) is 2. The van der Waals surface area contributed by atoms with E-state index in [1.165, 1.54) is 25.7 Å². The third-order valence-corrected chi connectivity index (χ3v) is 3.85. The second kappa shape index (κ2) is 10.1. The van der Waals surface area contributed by atoms with Crippen LogP contribution in [0, 0.1) is 0 Å². The van der Waals surface area contributed by atoms with Gasteiger partial charge in [0, 0.05) is 6.04 Å². The van der Waals surface area contributed by atoms with Gasteiger partial charge in [-0.2, -0.15) is 0 Å². The van der Waals surface area contributed by atoms with Crippen LogP contribution in [0.5, 0.6) is 5.75 Å². The minimum absolute atomic E-state index is 0.167. The fourth-order valence-electron chi connectivity index (χ4n) is 2.18. The summed E-state index contributed by atoms with van der Waals surface area (Å²) in [4.78, 5) is 0. The second-order valence-electron chi connectivity index (χ2n) is 5.36. The number of benzene rings is 1. The molecule has 1 unspecified atom stereocenters. The lowest BCUT2D eigenvalue weighted by molar-refractivity contribution is 0.301. The maximum absolute atomic E-state index is 6.25. The van der Waals surface area contributed by atoms with E-state index in [-0.39, 0.29) is 6.04 Å². The van der Waals surface area contributed by atoms with E-state index in [1.807, 2.05) is 12.1 Å². The Labute approximate surface area is 128 Å². The van der Waals surface area contributed by atoms with E-state index in [0.717, 1.165) is 37.2 Å². The van der Waals surface area contributed by atoms with E-state index >= 15 is 0 Å². The number of halogens is 1. The zero-order valence-corrected chi connectivity index (χ0v) is 13.6. The molecule has 0 saturated carbocycles. The Hall–Kier alpha value is -0.730. The van der Waals surface area contributed by atoms with Crippen LogP contribution in [0.4, 0.5) is 0 Å². The number of ether oxygens (including phenoxy) is 1. The molecule has 114 valence electrons. The Morgan fingerprint density at radius 3 is 2.60 bits per heavy atom. The summed E-state index contributed by atoms with van der Waals surface area (Å²) < 4.78 is 5.91. The van der Waals surface area contributed by atoms with Gasteiger partial charge in [0.15, 0.2) is 0 Å². The summed E-state index contributed by atoms with van der Waals surface area (Å²) in [7, 11) is 0. The fourth-order valence-corrected chi connectivity index (χ4v) is 2.43. The second-order valence-corrected chi connectivity index (χ2v) is 5.77. The Bertz CT molecular complexity index is 381. The predicted molar refractivity (Wildman–Crippen MR) is 87.7 cm³/mol. The molecule has 3 heteroatoms. The minimum atomic E-state index is 0.167. The van der Waals surface area contributed by atoms with Gasteiger partial charge in [0.25, 0.3) is 0 Å². The molecule has 1 rings (SSSR count). The monoisotopic (exact) mass is 297 g/mol. The van der Waals surface area contributed by atoms with Crippen molar-refractivity contribution < 1.29 is 4.74 Å². The average Bonchev–Trinajstić information content (AvgIpc) is 2.45. The van der Waals surface area contributed by atoms with Gasteiger partial charge in [0.2, 0.25) is 0 Å². The Kier molecular flexibility index (Phi) is 8.72. The van der Waals surface area contributed by atoms with Crippen LogP contribution in [0.3, 0.4) is 0 Å². The number of nitrogens with two attached hydrogens (primary N) is 1. The molecular formula is C17H28ClNO. The van der Waals surface area contributed by atoms with E-state index in [9.17, 15) is 0 Å². The van der Waals surface area contributed by atoms with Crippen LogP contribution in [0.15, 0.2) is 18.2 Å². The van der Waals surface area contributed by atoms with E-state index in [1.54, 1.807) is 0 Å². The van der Waals surface area contributed by atoms with Crippen molar-refractivity contribution in [3.63, 3.8) is 0 Å². The molecule has 0 spiro atoms. The van der Waals surface area contributed by atoms with Gasteiger partial charge >= 0.3 is 0 Å². The van der Waals surface area contributed by atoms with Gasteiger partial charge in [-0.15, -0.1) is 0 Å². The molecule has 1 atom stereocenters. The van der Waals surface area contributed by atoms with E-state index < -0.39 is 0 Å². The first kappa shape index (κ1) is 17.3. The Morgan fingerprint density at radius 1 is 1.15 bits per heavy atom. The summed E-state index contributed by atoms with van der Waals surface area (Å²) in [6.45, 7) is 5.06. The number of para-hydroxylation sites is 1. The molecule has 0 fully saturated rings. The quantitative estimate of drug-likeness (QED) is 0.619. The van der Waals surface area contributed by atoms with Gasteiger partial charge in [-0.1, -0.05) is 63.3 Å². The highest BCUT2D eigenvalue weighted by Crippen LogP contribution is 2.30. The number of hydrogen-bond donors (Lipinski definition) is 1. The SMILES string of the molecule is CCCCCCCOc1c(Cl)cccc1CC(N)CC. The predicted octanol–water partition coefficient (Wildman–Crippen LogP) is 4.97. The van der Waals surface area contributed by atoms with Crippen LogP contribution in [0.1, 0.15) is 57.9 Å². The third kappa shape index (κ3) is 6.15. The molecule has 1 aromatic carbocycles. The lowest BCUT2D eigenvalue weighted by Crippen LogP contribution is -2.21. The molecular weight excluding hydrogens is 270 g/mol. The first-order valence-electron chi connectivity index (χ1n) is 7.84. The van der Waals surface area contributed by atoms with Crippen LogP contribution < -0.4 is 10.5 Å². The first-order valence-corrected chi connectivity index (χ1v) is 8.22. The lowest BCUT2D eigenvalue weighted by Gasteiger charge is -2.15. The molecule has 0 aliphatic carbocycles. The molecule has 0 radical (unpaired) electrons. The number of unbranched alkanes of at least 4 members (excludes halogenated alkanes) is 4. The normalized spacial score (nSPS) is 12.4. The van der Waals surface area contributed by atoms with Gasteiger partial charge in [-0.25, -0.2) is 0 Å². The van der Waals surface area contributed by atoms with E-state index in [0.29, 0.717) is 5.02 Å². The van der Waals surface area contributed by atoms with E-state index in [4.69, 9.17) is 22.1 Å². The maximum atomic E-state index is 6.25. The first-order chi connectivity index (χ1) is 9.69. The maximum Gasteiger partial charge on any atom is 0.141 e. The summed E-state index contributed by atoms with van der Waals surface area (Å²) in [6.07, 6.45) is 7.96.